The van der Waals surface area contributed by atoms with E-state index in [9.17, 15) is 0 Å². The number of nitrogens with one attached hydrogen (secondary N) is 1. The van der Waals surface area contributed by atoms with Gasteiger partial charge in [0.1, 0.15) is 0 Å². The minimum atomic E-state index is 0.580. The maximum Gasteiger partial charge on any atom is 0.0462 e. The molecule has 1 heteroatoms. The van der Waals surface area contributed by atoms with E-state index in [1.54, 1.807) is 0 Å². The molecule has 0 spiro atoms. The summed E-state index contributed by atoms with van der Waals surface area (Å²) in [5.74, 6) is 1.24. The normalized spacial score (nSPS) is 15.4. The van der Waals surface area contributed by atoms with Gasteiger partial charge in [0.15, 0.2) is 0 Å². The molecule has 61 heavy (non-hydrogen) atoms. The molecule has 1 nitrogen and oxygen atoms in total. The minimum absolute atomic E-state index is 0.580. The Morgan fingerprint density at radius 2 is 1.16 bits per heavy atom. The highest BCUT2D eigenvalue weighted by molar-refractivity contribution is 5.89. The zero-order valence-electron chi connectivity index (χ0n) is 39.0. The molecular weight excluding hydrogens is 735 g/mol. The van der Waals surface area contributed by atoms with Crippen molar-refractivity contribution < 1.29 is 0 Å². The molecule has 1 aliphatic heterocycles. The molecule has 0 radical (unpaired) electrons. The highest BCUT2D eigenvalue weighted by Gasteiger charge is 2.24. The van der Waals surface area contributed by atoms with Gasteiger partial charge in [-0.25, -0.2) is 0 Å². The van der Waals surface area contributed by atoms with E-state index in [4.69, 9.17) is 0 Å². The number of rotatable bonds is 4. The van der Waals surface area contributed by atoms with Gasteiger partial charge in [0, 0.05) is 23.4 Å². The summed E-state index contributed by atoms with van der Waals surface area (Å²) in [5, 5.41) is 3.48. The third-order valence-corrected chi connectivity index (χ3v) is 9.89. The van der Waals surface area contributed by atoms with Crippen LogP contribution in [0.25, 0.3) is 33.9 Å². The number of hydrogen-bond donors (Lipinski definition) is 1. The van der Waals surface area contributed by atoms with Gasteiger partial charge in [-0.3, -0.25) is 0 Å². The number of benzene rings is 5. The molecule has 0 saturated heterocycles. The first-order valence-electron chi connectivity index (χ1n) is 21.7. The second kappa shape index (κ2) is 30.6. The zero-order valence-corrected chi connectivity index (χ0v) is 39.0. The fourth-order valence-corrected chi connectivity index (χ4v) is 6.99. The lowest BCUT2D eigenvalue weighted by Gasteiger charge is -2.29. The zero-order chi connectivity index (χ0) is 45.6. The molecule has 1 heterocycles. The lowest BCUT2D eigenvalue weighted by Crippen LogP contribution is -2.15. The quantitative estimate of drug-likeness (QED) is 0.141. The van der Waals surface area contributed by atoms with Gasteiger partial charge in [-0.15, -0.1) is 26.0 Å². The molecule has 5 aromatic rings. The summed E-state index contributed by atoms with van der Waals surface area (Å²) >= 11 is 0. The molecule has 2 aliphatic rings. The van der Waals surface area contributed by atoms with Gasteiger partial charge in [0.25, 0.3) is 0 Å². The SMILES string of the molecule is C#C.C=C.C=C(C)c1ccccc1.CC.CCC.CCC1C=CC=C(C)C1c1ccccc1C.Cc1ccccc1-c1cc2c(cc1C)N/C=C/C=C\C=C/c1ccccc1-2. The molecular formula is C60H73N. The van der Waals surface area contributed by atoms with Crippen molar-refractivity contribution in [2.45, 2.75) is 88.0 Å². The number of aryl methyl sites for hydroxylation is 3. The van der Waals surface area contributed by atoms with Crippen molar-refractivity contribution in [3.63, 3.8) is 0 Å². The average molecular weight is 808 g/mol. The van der Waals surface area contributed by atoms with E-state index in [1.807, 2.05) is 57.3 Å². The number of anilines is 1. The van der Waals surface area contributed by atoms with E-state index >= 15 is 0 Å². The van der Waals surface area contributed by atoms with Crippen LogP contribution in [0.1, 0.15) is 101 Å². The summed E-state index contributed by atoms with van der Waals surface area (Å²) in [5.41, 5.74) is 16.6. The van der Waals surface area contributed by atoms with Crippen LogP contribution in [-0.2, 0) is 0 Å². The third kappa shape index (κ3) is 16.7. The van der Waals surface area contributed by atoms with Gasteiger partial charge in [0.2, 0.25) is 0 Å². The van der Waals surface area contributed by atoms with Crippen molar-refractivity contribution in [3.8, 4) is 35.1 Å². The predicted molar refractivity (Wildman–Crippen MR) is 278 cm³/mol. The van der Waals surface area contributed by atoms with Gasteiger partial charge >= 0.3 is 0 Å². The van der Waals surface area contributed by atoms with E-state index in [0.717, 1.165) is 11.3 Å². The van der Waals surface area contributed by atoms with Crippen LogP contribution < -0.4 is 5.32 Å². The third-order valence-electron chi connectivity index (χ3n) is 9.89. The molecule has 0 fully saturated rings. The Bertz CT molecular complexity index is 2200. The summed E-state index contributed by atoms with van der Waals surface area (Å²) in [6, 6.07) is 40.7. The number of fused-ring (bicyclic) bond motifs is 3. The highest BCUT2D eigenvalue weighted by atomic mass is 14.8. The molecule has 0 bridgehead atoms. The molecule has 0 saturated carbocycles. The average Bonchev–Trinajstić information content (AvgIpc) is 3.33. The summed E-state index contributed by atoms with van der Waals surface area (Å²) < 4.78 is 0. The van der Waals surface area contributed by atoms with Crippen LogP contribution in [0.15, 0.2) is 189 Å². The van der Waals surface area contributed by atoms with Gasteiger partial charge in [0.05, 0.1) is 0 Å². The highest BCUT2D eigenvalue weighted by Crippen LogP contribution is 2.40. The Labute approximate surface area is 372 Å². The number of hydrogen-bond acceptors (Lipinski definition) is 1. The van der Waals surface area contributed by atoms with E-state index in [-0.39, 0.29) is 0 Å². The molecule has 0 aromatic heterocycles. The monoisotopic (exact) mass is 808 g/mol. The van der Waals surface area contributed by atoms with Crippen molar-refractivity contribution in [1.82, 2.24) is 0 Å². The van der Waals surface area contributed by atoms with Crippen molar-refractivity contribution in [2.24, 2.45) is 5.92 Å². The first kappa shape index (κ1) is 52.7. The molecule has 0 amide bonds. The molecule has 2 atom stereocenters. The van der Waals surface area contributed by atoms with Gasteiger partial charge in [-0.1, -0.05) is 204 Å². The summed E-state index contributed by atoms with van der Waals surface area (Å²) in [7, 11) is 0. The molecule has 2 unspecified atom stereocenters. The van der Waals surface area contributed by atoms with Crippen molar-refractivity contribution in [2.75, 3.05) is 5.32 Å². The first-order valence-corrected chi connectivity index (χ1v) is 21.7. The Morgan fingerprint density at radius 1 is 0.607 bits per heavy atom. The van der Waals surface area contributed by atoms with Crippen LogP contribution in [0.4, 0.5) is 5.69 Å². The molecule has 1 N–H and O–H groups in total. The van der Waals surface area contributed by atoms with Crippen LogP contribution in [0, 0.1) is 39.5 Å². The fraction of sp³-hybridized carbons (Fsp3) is 0.233. The molecule has 5 aromatic carbocycles. The Hall–Kier alpha value is -6.36. The Morgan fingerprint density at radius 3 is 1.75 bits per heavy atom. The molecule has 1 aliphatic carbocycles. The summed E-state index contributed by atoms with van der Waals surface area (Å²) in [6.45, 7) is 31.2. The van der Waals surface area contributed by atoms with Crippen LogP contribution >= 0.6 is 0 Å². The standard InChI is InChI=1S/C26H23N.C16H20.C9H10.C3H8.C2H6.C2H4.C2H2/c1-19-11-6-8-14-22(19)24-18-25-23-15-9-7-13-21(23)12-5-3-4-10-16-27-26(25)17-20(24)2;1-4-14-10-7-9-13(3)16(14)15-11-6-5-8-12(15)2;1-8(2)9-6-4-3-5-7-9;1-3-2;3*1-2/h3-18,27H,1-2H3;5-11,14,16H,4H2,1-3H3;3-7H,1H2,2H3;3H2,1-2H3;1-2H3;1-2H2;1-2H/b4-3-,12-5-,16-10+;;;;;;. The van der Waals surface area contributed by atoms with Crippen LogP contribution in [-0.4, -0.2) is 0 Å². The molecule has 318 valence electrons. The maximum absolute atomic E-state index is 4.00. The van der Waals surface area contributed by atoms with Crippen molar-refractivity contribution in [1.29, 1.82) is 0 Å². The van der Waals surface area contributed by atoms with E-state index in [2.05, 4.69) is 220 Å². The van der Waals surface area contributed by atoms with Crippen molar-refractivity contribution >= 4 is 17.3 Å². The lowest BCUT2D eigenvalue weighted by molar-refractivity contribution is 0.536. The van der Waals surface area contributed by atoms with Crippen molar-refractivity contribution in [3.05, 3.63) is 223 Å². The second-order valence-electron chi connectivity index (χ2n) is 14.4. The first-order chi connectivity index (χ1) is 29.7. The van der Waals surface area contributed by atoms with E-state index in [0.29, 0.717) is 11.8 Å². The topological polar surface area (TPSA) is 12.0 Å². The summed E-state index contributed by atoms with van der Waals surface area (Å²) in [4.78, 5) is 0. The predicted octanol–water partition coefficient (Wildman–Crippen LogP) is 18.0. The van der Waals surface area contributed by atoms with E-state index in [1.165, 1.54) is 74.0 Å². The largest absolute Gasteiger partial charge is 0.361 e. The van der Waals surface area contributed by atoms with Gasteiger partial charge in [-0.05, 0) is 115 Å². The molecule has 7 rings (SSSR count). The maximum atomic E-state index is 4.00. The fourth-order valence-electron chi connectivity index (χ4n) is 6.99. The van der Waals surface area contributed by atoms with Gasteiger partial charge < -0.3 is 5.32 Å². The smallest absolute Gasteiger partial charge is 0.0462 e. The number of allylic oxidation sites excluding steroid dienone is 9. The van der Waals surface area contributed by atoms with E-state index < -0.39 is 0 Å². The second-order valence-corrected chi connectivity index (χ2v) is 14.4. The summed E-state index contributed by atoms with van der Waals surface area (Å²) in [6.07, 6.45) is 29.6. The van der Waals surface area contributed by atoms with Gasteiger partial charge in [-0.2, -0.15) is 0 Å². The number of terminal acetylenes is 1. The Kier molecular flexibility index (Phi) is 26.5. The van der Waals surface area contributed by atoms with Crippen LogP contribution in [0.2, 0.25) is 0 Å². The Balaban J connectivity index is 0.000000463. The minimum Gasteiger partial charge on any atom is -0.361 e. The van der Waals surface area contributed by atoms with Crippen LogP contribution in [0.5, 0.6) is 0 Å². The van der Waals surface area contributed by atoms with Crippen LogP contribution in [0.3, 0.4) is 0 Å². The lowest BCUT2D eigenvalue weighted by atomic mass is 9.76.